The first-order chi connectivity index (χ1) is 42.1. The Bertz CT molecular complexity index is 3060. The maximum atomic E-state index is 14.8. The quantitative estimate of drug-likeness (QED) is 0.0512. The van der Waals surface area contributed by atoms with Gasteiger partial charge in [0.15, 0.2) is 43.0 Å². The summed E-state index contributed by atoms with van der Waals surface area (Å²) in [6, 6.07) is 0. The predicted molar refractivity (Wildman–Crippen MR) is 292 cm³/mol. The molecule has 0 spiro atoms. The topological polar surface area (TPSA) is 526 Å². The lowest BCUT2D eigenvalue weighted by molar-refractivity contribution is -0.402. The molecule has 2 saturated carbocycles. The van der Waals surface area contributed by atoms with Gasteiger partial charge in [0.1, 0.15) is 110 Å². The van der Waals surface area contributed by atoms with Crippen molar-refractivity contribution in [1.29, 1.82) is 0 Å². The fourth-order valence-corrected chi connectivity index (χ4v) is 16.6. The van der Waals surface area contributed by atoms with Crippen LogP contribution in [0.4, 0.5) is 0 Å². The van der Waals surface area contributed by atoms with Crippen molar-refractivity contribution in [3.8, 4) is 0 Å². The minimum Gasteiger partial charge on any atom is -0.388 e. The molecule has 9 aliphatic rings. The van der Waals surface area contributed by atoms with Crippen LogP contribution < -0.4 is 0 Å². The molecule has 12 N–H and O–H groups in total. The van der Waals surface area contributed by atoms with Crippen molar-refractivity contribution in [2.45, 2.75) is 234 Å². The van der Waals surface area contributed by atoms with Crippen LogP contribution in [0.5, 0.6) is 0 Å². The minimum atomic E-state index is -5.37. The first kappa shape index (κ1) is 72.8. The van der Waals surface area contributed by atoms with E-state index in [1.54, 1.807) is 0 Å². The van der Waals surface area contributed by atoms with Crippen LogP contribution in [-0.4, -0.2) is 283 Å². The smallest absolute Gasteiger partial charge is 0.388 e. The maximum absolute atomic E-state index is 14.8. The van der Waals surface area contributed by atoms with Crippen molar-refractivity contribution < 1.29 is 164 Å². The number of allylic oxidation sites excluding steroid dienone is 2. The van der Waals surface area contributed by atoms with Crippen LogP contribution in [0.2, 0.25) is 0 Å². The van der Waals surface area contributed by atoms with E-state index < -0.39 is 239 Å². The van der Waals surface area contributed by atoms with Gasteiger partial charge >= 0.3 is 31.2 Å². The molecule has 522 valence electrons. The summed E-state index contributed by atoms with van der Waals surface area (Å²) in [6.07, 6.45) is -46.0. The number of ketones is 3. The predicted octanol–water partition coefficient (Wildman–Crippen LogP) is -4.39. The van der Waals surface area contributed by atoms with Gasteiger partial charge < -0.3 is 98.1 Å². The molecule has 0 bridgehead atoms. The van der Waals surface area contributed by atoms with Gasteiger partial charge in [-0.25, -0.2) is 12.5 Å². The van der Waals surface area contributed by atoms with Crippen molar-refractivity contribution in [1.82, 2.24) is 0 Å². The van der Waals surface area contributed by atoms with E-state index in [1.165, 1.54) is 13.8 Å². The number of methoxy groups -OCH3 is 1. The van der Waals surface area contributed by atoms with Gasteiger partial charge in [0.05, 0.1) is 38.6 Å². The Morgan fingerprint density at radius 1 is 0.560 bits per heavy atom. The standard InChI is InChI=1S/C53H82O35S3/c1-19(54)21-9-12-52(6)31-22(55)13-28-50(3,4)29(10-11-51(28,5)30(31)23(56)14-53(21,52)7)83-48-43(35(61)27(16-77-48)88-91(72,73)74)87-49-44(86-45-36(62)32(58)24(57)15-76-45)37(63)40(20(2)80-49)84-47-39(65)42(34(60)26(82-47)18-79-90(69,70)71)85-46-38(64)41(75-8)33(59)25(81-46)17-78-89(66,67)68/h20-21,24-29,32-49,57-65H,9-18H2,1-8H3,(H,66,67,68)(H,69,70,71)(H,72,73,74). The van der Waals surface area contributed by atoms with Crippen molar-refractivity contribution in [2.24, 2.45) is 33.5 Å². The largest absolute Gasteiger partial charge is 0.397 e. The third kappa shape index (κ3) is 14.2. The SMILES string of the molecule is COC1C(O)C(COS(=O)(=O)O)OC(OC2C(O)C(COS(=O)(=O)O)OC(OC3C(C)OC(OC4C(OC5CCC6(C)C7=C(C(=O)CC6C5(C)C)C5(C)CCC(C(C)=O)C5(C)CC7=O)OCC(OS(=O)(=O)O)C4O)C(OC4OCC(O)C(O)C4O)C3O)C2O)C1O. The zero-order valence-corrected chi connectivity index (χ0v) is 53.0. The average Bonchev–Trinajstić information content (AvgIpc) is 1.67. The average molecular weight is 1380 g/mol. The number of rotatable bonds is 20. The lowest BCUT2D eigenvalue weighted by atomic mass is 9.43. The van der Waals surface area contributed by atoms with Gasteiger partial charge in [0.2, 0.25) is 0 Å². The molecular weight excluding hydrogens is 1290 g/mol. The van der Waals surface area contributed by atoms with Crippen molar-refractivity contribution in [2.75, 3.05) is 33.5 Å². The van der Waals surface area contributed by atoms with E-state index in [-0.39, 0.29) is 43.0 Å². The van der Waals surface area contributed by atoms with Crippen LogP contribution in [0.25, 0.3) is 0 Å². The summed E-state index contributed by atoms with van der Waals surface area (Å²) in [5, 5.41) is 102. The van der Waals surface area contributed by atoms with E-state index in [1.807, 2.05) is 34.6 Å². The molecule has 91 heavy (non-hydrogen) atoms. The van der Waals surface area contributed by atoms with Crippen molar-refractivity contribution >= 4 is 48.5 Å². The zero-order valence-electron chi connectivity index (χ0n) is 50.6. The van der Waals surface area contributed by atoms with Crippen LogP contribution >= 0.6 is 0 Å². The Kier molecular flexibility index (Phi) is 21.4. The highest BCUT2D eigenvalue weighted by Crippen LogP contribution is 2.70. The molecule has 4 aliphatic carbocycles. The van der Waals surface area contributed by atoms with Gasteiger partial charge in [-0.1, -0.05) is 34.6 Å². The van der Waals surface area contributed by atoms with E-state index >= 15 is 0 Å². The highest BCUT2D eigenvalue weighted by Gasteiger charge is 2.68. The number of carbonyl (C=O) groups is 3. The summed E-state index contributed by atoms with van der Waals surface area (Å²) >= 11 is 0. The first-order valence-electron chi connectivity index (χ1n) is 29.4. The first-order valence-corrected chi connectivity index (χ1v) is 33.5. The lowest BCUT2D eigenvalue weighted by Crippen LogP contribution is -2.68. The number of Topliss-reactive ketones (excluding diaryl/α,β-unsaturated/α-hetero) is 3. The monoisotopic (exact) mass is 1370 g/mol. The molecule has 0 aromatic heterocycles. The molecule has 9 rings (SSSR count). The summed E-state index contributed by atoms with van der Waals surface area (Å²) in [6.45, 7) is 8.22. The Balaban J connectivity index is 1.01. The highest BCUT2D eigenvalue weighted by atomic mass is 32.3. The summed E-state index contributed by atoms with van der Waals surface area (Å²) < 4.78 is 178. The van der Waals surface area contributed by atoms with E-state index in [9.17, 15) is 99.3 Å². The van der Waals surface area contributed by atoms with Gasteiger partial charge in [-0.05, 0) is 56.3 Å². The Hall–Kier alpha value is -2.44. The number of aliphatic hydroxyl groups is 9. The summed E-state index contributed by atoms with van der Waals surface area (Å²) in [7, 11) is -14.9. The molecule has 38 heteroatoms. The summed E-state index contributed by atoms with van der Waals surface area (Å²) in [4.78, 5) is 42.4. The second-order valence-electron chi connectivity index (χ2n) is 26.2. The van der Waals surface area contributed by atoms with E-state index in [0.717, 1.165) is 7.11 Å². The Morgan fingerprint density at radius 3 is 1.67 bits per heavy atom. The van der Waals surface area contributed by atoms with E-state index in [2.05, 4.69) is 8.37 Å². The van der Waals surface area contributed by atoms with Gasteiger partial charge in [0.25, 0.3) is 0 Å². The van der Waals surface area contributed by atoms with Crippen LogP contribution in [0, 0.1) is 33.5 Å². The van der Waals surface area contributed by atoms with Gasteiger partial charge in [-0.15, -0.1) is 0 Å². The van der Waals surface area contributed by atoms with Crippen LogP contribution in [0.1, 0.15) is 87.0 Å². The third-order valence-corrected chi connectivity index (χ3v) is 21.7. The second-order valence-corrected chi connectivity index (χ2v) is 29.4. The van der Waals surface area contributed by atoms with E-state index in [0.29, 0.717) is 24.0 Å². The molecule has 0 radical (unpaired) electrons. The normalized spacial score (nSPS) is 47.3. The highest BCUT2D eigenvalue weighted by molar-refractivity contribution is 7.81. The van der Waals surface area contributed by atoms with Gasteiger partial charge in [0, 0.05) is 47.8 Å². The van der Waals surface area contributed by atoms with Gasteiger partial charge in [-0.2, -0.15) is 25.3 Å². The van der Waals surface area contributed by atoms with Gasteiger partial charge in [-0.3, -0.25) is 28.0 Å². The number of ether oxygens (including phenoxy) is 11. The molecule has 5 heterocycles. The van der Waals surface area contributed by atoms with Crippen LogP contribution in [-0.2, 0) is 110 Å². The number of fused-ring (bicyclic) bond motifs is 4. The molecule has 29 atom stereocenters. The molecule has 35 nitrogen and oxygen atoms in total. The molecule has 7 fully saturated rings. The fraction of sp³-hybridized carbons (Fsp3) is 0.906. The zero-order chi connectivity index (χ0) is 67.4. The molecule has 0 aromatic rings. The number of carbonyl (C=O) groups excluding carboxylic acids is 3. The third-order valence-electron chi connectivity index (χ3n) is 20.4. The molecule has 29 unspecified atom stereocenters. The molecular formula is C53H82O35S3. The molecule has 5 saturated heterocycles. The number of aliphatic hydroxyl groups excluding tert-OH is 9. The number of hydrogen-bond acceptors (Lipinski definition) is 32. The minimum absolute atomic E-state index is 0.0364. The van der Waals surface area contributed by atoms with Crippen LogP contribution in [0.15, 0.2) is 11.1 Å². The summed E-state index contributed by atoms with van der Waals surface area (Å²) in [5.74, 6) is -1.56. The number of hydrogen-bond donors (Lipinski definition) is 12. The van der Waals surface area contributed by atoms with Crippen molar-refractivity contribution in [3.05, 3.63) is 11.1 Å². The fourth-order valence-electron chi connectivity index (χ4n) is 15.5. The van der Waals surface area contributed by atoms with Crippen molar-refractivity contribution in [3.63, 3.8) is 0 Å². The molecule has 5 aliphatic heterocycles. The van der Waals surface area contributed by atoms with E-state index in [4.69, 9.17) is 56.3 Å². The Morgan fingerprint density at radius 2 is 1.10 bits per heavy atom. The Labute approximate surface area is 523 Å². The maximum Gasteiger partial charge on any atom is 0.397 e. The van der Waals surface area contributed by atoms with Crippen LogP contribution in [0.3, 0.4) is 0 Å². The second kappa shape index (κ2) is 26.8. The lowest BCUT2D eigenvalue weighted by Gasteiger charge is -2.61. The molecule has 0 amide bonds. The summed E-state index contributed by atoms with van der Waals surface area (Å²) in [5.41, 5.74) is -2.67. The molecule has 0 aromatic carbocycles.